The van der Waals surface area contributed by atoms with E-state index in [1.54, 1.807) is 12.3 Å². The molecule has 3 aromatic rings. The van der Waals surface area contributed by atoms with E-state index in [1.165, 1.54) is 30.5 Å². The van der Waals surface area contributed by atoms with E-state index in [4.69, 9.17) is 4.52 Å². The zero-order chi connectivity index (χ0) is 14.2. The van der Waals surface area contributed by atoms with Gasteiger partial charge in [-0.15, -0.1) is 13.2 Å². The molecular weight excluding hydrogens is 273 g/mol. The van der Waals surface area contributed by atoms with Crippen molar-refractivity contribution in [1.29, 1.82) is 0 Å². The Balaban J connectivity index is 1.90. The maximum absolute atomic E-state index is 12.1. The van der Waals surface area contributed by atoms with Crippen molar-refractivity contribution in [1.82, 2.24) is 10.1 Å². The Morgan fingerprint density at radius 1 is 1.05 bits per heavy atom. The zero-order valence-electron chi connectivity index (χ0n) is 9.89. The molecule has 0 radical (unpaired) electrons. The lowest BCUT2D eigenvalue weighted by molar-refractivity contribution is -0.274. The molecule has 0 N–H and O–H groups in total. The van der Waals surface area contributed by atoms with E-state index in [0.717, 1.165) is 5.39 Å². The first-order chi connectivity index (χ1) is 9.51. The van der Waals surface area contributed by atoms with Gasteiger partial charge in [-0.25, -0.2) is 0 Å². The number of halogens is 3. The average molecular weight is 280 g/mol. The van der Waals surface area contributed by atoms with Gasteiger partial charge in [-0.05, 0) is 30.3 Å². The van der Waals surface area contributed by atoms with Crippen LogP contribution in [0.3, 0.4) is 0 Å². The summed E-state index contributed by atoms with van der Waals surface area (Å²) in [6, 6.07) is 7.22. The van der Waals surface area contributed by atoms with Crippen molar-refractivity contribution in [3.8, 4) is 17.0 Å². The molecule has 0 saturated heterocycles. The number of alkyl halides is 3. The molecule has 0 unspecified atom stereocenters. The molecule has 3 rings (SSSR count). The fourth-order valence-corrected chi connectivity index (χ4v) is 1.76. The van der Waals surface area contributed by atoms with Crippen molar-refractivity contribution >= 4 is 11.0 Å². The van der Waals surface area contributed by atoms with Crippen molar-refractivity contribution in [2.45, 2.75) is 6.36 Å². The first kappa shape index (κ1) is 12.5. The number of aromatic nitrogens is 2. The Hall–Kier alpha value is -2.57. The Morgan fingerprint density at radius 2 is 1.80 bits per heavy atom. The lowest BCUT2D eigenvalue weighted by atomic mass is 10.1. The van der Waals surface area contributed by atoms with Gasteiger partial charge in [0.1, 0.15) is 5.75 Å². The molecule has 0 aliphatic heterocycles. The largest absolute Gasteiger partial charge is 0.573 e. The summed E-state index contributed by atoms with van der Waals surface area (Å²) in [5, 5.41) is 4.40. The maximum Gasteiger partial charge on any atom is 0.573 e. The fraction of sp³-hybridized carbons (Fsp3) is 0.0769. The highest BCUT2D eigenvalue weighted by atomic mass is 19.4. The van der Waals surface area contributed by atoms with Gasteiger partial charge in [-0.2, -0.15) is 0 Å². The second-order valence-electron chi connectivity index (χ2n) is 4.01. The predicted octanol–water partition coefficient (Wildman–Crippen LogP) is 3.79. The summed E-state index contributed by atoms with van der Waals surface area (Å²) < 4.78 is 44.9. The van der Waals surface area contributed by atoms with Gasteiger partial charge in [0.25, 0.3) is 0 Å². The van der Waals surface area contributed by atoms with Crippen LogP contribution in [0.1, 0.15) is 0 Å². The Kier molecular flexibility index (Phi) is 2.81. The summed E-state index contributed by atoms with van der Waals surface area (Å²) in [6.07, 6.45) is -1.64. The number of nitrogens with zero attached hydrogens (tertiary/aromatic N) is 2. The predicted molar refractivity (Wildman–Crippen MR) is 63.9 cm³/mol. The molecule has 2 aromatic heterocycles. The van der Waals surface area contributed by atoms with Gasteiger partial charge < -0.3 is 9.26 Å². The minimum absolute atomic E-state index is 0.271. The lowest BCUT2D eigenvalue weighted by Gasteiger charge is -2.09. The third-order valence-electron chi connectivity index (χ3n) is 2.62. The number of benzene rings is 1. The Morgan fingerprint density at radius 3 is 2.50 bits per heavy atom. The van der Waals surface area contributed by atoms with Crippen LogP contribution in [0.5, 0.6) is 5.75 Å². The van der Waals surface area contributed by atoms with Crippen molar-refractivity contribution in [3.05, 3.63) is 42.7 Å². The fourth-order valence-electron chi connectivity index (χ4n) is 1.76. The third-order valence-corrected chi connectivity index (χ3v) is 2.62. The molecule has 0 atom stereocenters. The normalized spacial score (nSPS) is 11.8. The van der Waals surface area contributed by atoms with E-state index in [0.29, 0.717) is 16.8 Å². The van der Waals surface area contributed by atoms with Crippen LogP contribution in [0.15, 0.2) is 47.2 Å². The number of hydrogen-bond acceptors (Lipinski definition) is 4. The van der Waals surface area contributed by atoms with Crippen LogP contribution in [0, 0.1) is 0 Å². The summed E-state index contributed by atoms with van der Waals surface area (Å²) >= 11 is 0. The number of fused-ring (bicyclic) bond motifs is 1. The van der Waals surface area contributed by atoms with E-state index < -0.39 is 6.36 Å². The van der Waals surface area contributed by atoms with Gasteiger partial charge in [0.15, 0.2) is 5.58 Å². The van der Waals surface area contributed by atoms with Crippen LogP contribution in [0.25, 0.3) is 22.2 Å². The molecule has 1 aromatic carbocycles. The summed E-state index contributed by atoms with van der Waals surface area (Å²) in [7, 11) is 0. The number of pyridine rings is 1. The van der Waals surface area contributed by atoms with Gasteiger partial charge >= 0.3 is 6.36 Å². The standard InChI is InChI=1S/C13H7F3N2O2/c14-13(15,16)19-10-3-1-8(2-4-10)11-5-9-6-18-20-12(9)7-17-11/h1-7H. The molecule has 0 fully saturated rings. The van der Waals surface area contributed by atoms with Crippen LogP contribution in [0.4, 0.5) is 13.2 Å². The molecule has 102 valence electrons. The van der Waals surface area contributed by atoms with Gasteiger partial charge in [-0.3, -0.25) is 4.98 Å². The van der Waals surface area contributed by atoms with E-state index >= 15 is 0 Å². The van der Waals surface area contributed by atoms with E-state index in [1.807, 2.05) is 0 Å². The molecule has 2 heterocycles. The van der Waals surface area contributed by atoms with Crippen LogP contribution >= 0.6 is 0 Å². The average Bonchev–Trinajstić information content (AvgIpc) is 2.85. The molecule has 0 aliphatic carbocycles. The van der Waals surface area contributed by atoms with E-state index in [9.17, 15) is 13.2 Å². The quantitative estimate of drug-likeness (QED) is 0.716. The summed E-state index contributed by atoms with van der Waals surface area (Å²) in [5.74, 6) is -0.271. The minimum atomic E-state index is -4.69. The summed E-state index contributed by atoms with van der Waals surface area (Å²) in [5.41, 5.74) is 1.83. The van der Waals surface area contributed by atoms with E-state index in [-0.39, 0.29) is 5.75 Å². The van der Waals surface area contributed by atoms with Crippen LogP contribution < -0.4 is 4.74 Å². The van der Waals surface area contributed by atoms with Crippen molar-refractivity contribution in [2.75, 3.05) is 0 Å². The first-order valence-electron chi connectivity index (χ1n) is 5.58. The number of rotatable bonds is 2. The van der Waals surface area contributed by atoms with Crippen molar-refractivity contribution < 1.29 is 22.4 Å². The van der Waals surface area contributed by atoms with E-state index in [2.05, 4.69) is 14.9 Å². The van der Waals surface area contributed by atoms with Crippen LogP contribution in [0.2, 0.25) is 0 Å². The molecule has 20 heavy (non-hydrogen) atoms. The molecule has 0 saturated carbocycles. The van der Waals surface area contributed by atoms with Gasteiger partial charge in [-0.1, -0.05) is 5.16 Å². The van der Waals surface area contributed by atoms with Crippen LogP contribution in [-0.4, -0.2) is 16.5 Å². The third kappa shape index (κ3) is 2.56. The molecule has 0 spiro atoms. The topological polar surface area (TPSA) is 48.2 Å². The molecule has 0 amide bonds. The zero-order valence-corrected chi connectivity index (χ0v) is 9.89. The van der Waals surface area contributed by atoms with Crippen molar-refractivity contribution in [2.24, 2.45) is 0 Å². The first-order valence-corrected chi connectivity index (χ1v) is 5.58. The Labute approximate surface area is 110 Å². The summed E-state index contributed by atoms with van der Waals surface area (Å²) in [4.78, 5) is 4.16. The maximum atomic E-state index is 12.1. The molecule has 0 bridgehead atoms. The smallest absolute Gasteiger partial charge is 0.406 e. The molecule has 0 aliphatic rings. The SMILES string of the molecule is FC(F)(F)Oc1ccc(-c2cc3cnoc3cn2)cc1. The summed E-state index contributed by atoms with van der Waals surface area (Å²) in [6.45, 7) is 0. The highest BCUT2D eigenvalue weighted by Gasteiger charge is 2.30. The minimum Gasteiger partial charge on any atom is -0.406 e. The molecular formula is C13H7F3N2O2. The molecule has 7 heteroatoms. The molecule has 4 nitrogen and oxygen atoms in total. The Bertz CT molecular complexity index is 735. The van der Waals surface area contributed by atoms with Gasteiger partial charge in [0.2, 0.25) is 0 Å². The number of hydrogen-bond donors (Lipinski definition) is 0. The lowest BCUT2D eigenvalue weighted by Crippen LogP contribution is -2.16. The van der Waals surface area contributed by atoms with Crippen LogP contribution in [-0.2, 0) is 0 Å². The second-order valence-corrected chi connectivity index (χ2v) is 4.01. The second kappa shape index (κ2) is 4.52. The van der Waals surface area contributed by atoms with Crippen molar-refractivity contribution in [3.63, 3.8) is 0 Å². The highest BCUT2D eigenvalue weighted by molar-refractivity contribution is 5.79. The number of ether oxygens (including phenoxy) is 1. The van der Waals surface area contributed by atoms with Gasteiger partial charge in [0, 0.05) is 10.9 Å². The van der Waals surface area contributed by atoms with Gasteiger partial charge in [0.05, 0.1) is 18.1 Å². The monoisotopic (exact) mass is 280 g/mol. The highest BCUT2D eigenvalue weighted by Crippen LogP contribution is 2.26.